The van der Waals surface area contributed by atoms with Crippen molar-refractivity contribution in [2.24, 2.45) is 0 Å². The zero-order valence-electron chi connectivity index (χ0n) is 11.0. The Morgan fingerprint density at radius 1 is 0.950 bits per heavy atom. The Hall–Kier alpha value is -1.62. The highest BCUT2D eigenvalue weighted by Crippen LogP contribution is 2.37. The molecule has 106 valence electrons. The van der Waals surface area contributed by atoms with Crippen molar-refractivity contribution in [3.63, 3.8) is 0 Å². The molecular weight excluding hydrogens is 330 g/mol. The molecule has 1 atom stereocenters. The lowest BCUT2D eigenvalue weighted by atomic mass is 10.0. The summed E-state index contributed by atoms with van der Waals surface area (Å²) in [5.74, 6) is -0.0487. The predicted octanol–water partition coefficient (Wildman–Crippen LogP) is 4.47. The van der Waals surface area contributed by atoms with Crippen LogP contribution in [0.4, 0.5) is 8.78 Å². The van der Waals surface area contributed by atoms with Gasteiger partial charge in [-0.15, -0.1) is 0 Å². The highest BCUT2D eigenvalue weighted by atomic mass is 79.9. The van der Waals surface area contributed by atoms with Gasteiger partial charge in [-0.25, -0.2) is 8.78 Å². The monoisotopic (exact) mass is 342 g/mol. The van der Waals surface area contributed by atoms with Crippen LogP contribution in [0, 0.1) is 11.6 Å². The molecule has 0 heterocycles. The van der Waals surface area contributed by atoms with E-state index in [1.807, 2.05) is 0 Å². The number of methoxy groups -OCH3 is 2. The van der Waals surface area contributed by atoms with Crippen LogP contribution in [0.5, 0.6) is 11.5 Å². The molecule has 0 bridgehead atoms. The Morgan fingerprint density at radius 3 is 2.25 bits per heavy atom. The lowest BCUT2D eigenvalue weighted by Gasteiger charge is -2.14. The van der Waals surface area contributed by atoms with Crippen LogP contribution in [0.1, 0.15) is 16.0 Å². The van der Waals surface area contributed by atoms with Crippen molar-refractivity contribution in [2.75, 3.05) is 14.2 Å². The summed E-state index contributed by atoms with van der Waals surface area (Å²) in [6.07, 6.45) is 0. The molecule has 0 aliphatic rings. The van der Waals surface area contributed by atoms with Crippen molar-refractivity contribution in [2.45, 2.75) is 4.83 Å². The van der Waals surface area contributed by atoms with Crippen LogP contribution in [0.15, 0.2) is 36.4 Å². The summed E-state index contributed by atoms with van der Waals surface area (Å²) >= 11 is 3.42. The highest BCUT2D eigenvalue weighted by molar-refractivity contribution is 9.09. The SMILES string of the molecule is COc1ccc(C(Br)c2ccc(F)cc2F)cc1OC. The van der Waals surface area contributed by atoms with E-state index in [-0.39, 0.29) is 0 Å². The largest absolute Gasteiger partial charge is 0.493 e. The van der Waals surface area contributed by atoms with Crippen LogP contribution in [0.25, 0.3) is 0 Å². The molecule has 2 aromatic carbocycles. The summed E-state index contributed by atoms with van der Waals surface area (Å²) in [7, 11) is 3.08. The van der Waals surface area contributed by atoms with Crippen molar-refractivity contribution < 1.29 is 18.3 Å². The summed E-state index contributed by atoms with van der Waals surface area (Å²) in [6, 6.07) is 8.80. The molecule has 2 nitrogen and oxygen atoms in total. The van der Waals surface area contributed by atoms with Gasteiger partial charge in [-0.2, -0.15) is 0 Å². The van der Waals surface area contributed by atoms with E-state index in [2.05, 4.69) is 15.9 Å². The molecule has 0 aliphatic heterocycles. The van der Waals surface area contributed by atoms with Crippen LogP contribution in [-0.4, -0.2) is 14.2 Å². The fourth-order valence-electron chi connectivity index (χ4n) is 1.90. The number of rotatable bonds is 4. The molecule has 0 fully saturated rings. The first-order chi connectivity index (χ1) is 9.56. The lowest BCUT2D eigenvalue weighted by molar-refractivity contribution is 0.354. The summed E-state index contributed by atoms with van der Waals surface area (Å²) < 4.78 is 37.1. The van der Waals surface area contributed by atoms with Gasteiger partial charge in [0.25, 0.3) is 0 Å². The first kappa shape index (κ1) is 14.8. The van der Waals surface area contributed by atoms with Crippen molar-refractivity contribution in [3.8, 4) is 11.5 Å². The van der Waals surface area contributed by atoms with E-state index in [1.54, 1.807) is 25.3 Å². The van der Waals surface area contributed by atoms with E-state index in [0.29, 0.717) is 17.1 Å². The Morgan fingerprint density at radius 2 is 1.65 bits per heavy atom. The fourth-order valence-corrected chi connectivity index (χ4v) is 2.55. The average molecular weight is 343 g/mol. The predicted molar refractivity (Wildman–Crippen MR) is 76.7 cm³/mol. The molecule has 2 rings (SSSR count). The minimum absolute atomic E-state index is 0.360. The molecule has 0 spiro atoms. The third-order valence-electron chi connectivity index (χ3n) is 2.94. The maximum atomic E-state index is 13.8. The molecule has 20 heavy (non-hydrogen) atoms. The van der Waals surface area contributed by atoms with Gasteiger partial charge in [0.05, 0.1) is 19.0 Å². The maximum Gasteiger partial charge on any atom is 0.161 e. The Balaban J connectivity index is 2.40. The molecule has 0 amide bonds. The first-order valence-electron chi connectivity index (χ1n) is 5.87. The average Bonchev–Trinajstić information content (AvgIpc) is 2.45. The molecule has 1 unspecified atom stereocenters. The number of benzene rings is 2. The van der Waals surface area contributed by atoms with Gasteiger partial charge in [0.2, 0.25) is 0 Å². The van der Waals surface area contributed by atoms with Gasteiger partial charge >= 0.3 is 0 Å². The standard InChI is InChI=1S/C15H13BrF2O2/c1-19-13-6-3-9(7-14(13)20-2)15(16)11-5-4-10(17)8-12(11)18/h3-8,15H,1-2H3. The van der Waals surface area contributed by atoms with E-state index in [1.165, 1.54) is 19.2 Å². The van der Waals surface area contributed by atoms with Crippen LogP contribution >= 0.6 is 15.9 Å². The molecule has 0 N–H and O–H groups in total. The number of hydrogen-bond donors (Lipinski definition) is 0. The number of ether oxygens (including phenoxy) is 2. The summed E-state index contributed by atoms with van der Waals surface area (Å²) in [5.41, 5.74) is 1.15. The Kier molecular flexibility index (Phi) is 4.60. The zero-order valence-corrected chi connectivity index (χ0v) is 12.6. The third kappa shape index (κ3) is 2.93. The van der Waals surface area contributed by atoms with Crippen LogP contribution < -0.4 is 9.47 Å². The molecule has 0 saturated carbocycles. The second-order valence-electron chi connectivity index (χ2n) is 4.14. The van der Waals surface area contributed by atoms with Crippen LogP contribution in [-0.2, 0) is 0 Å². The summed E-state index contributed by atoms with van der Waals surface area (Å²) in [6.45, 7) is 0. The Bertz CT molecular complexity index is 617. The fraction of sp³-hybridized carbons (Fsp3) is 0.200. The van der Waals surface area contributed by atoms with Crippen molar-refractivity contribution in [1.29, 1.82) is 0 Å². The van der Waals surface area contributed by atoms with Gasteiger partial charge in [-0.1, -0.05) is 28.1 Å². The number of hydrogen-bond acceptors (Lipinski definition) is 2. The molecule has 5 heteroatoms. The second-order valence-corrected chi connectivity index (χ2v) is 5.06. The minimum Gasteiger partial charge on any atom is -0.493 e. The van der Waals surface area contributed by atoms with Gasteiger partial charge in [0, 0.05) is 11.6 Å². The molecule has 0 radical (unpaired) electrons. The smallest absolute Gasteiger partial charge is 0.161 e. The van der Waals surface area contributed by atoms with E-state index in [9.17, 15) is 8.78 Å². The van der Waals surface area contributed by atoms with E-state index >= 15 is 0 Å². The molecule has 0 aliphatic carbocycles. The molecule has 0 aromatic heterocycles. The van der Waals surface area contributed by atoms with Gasteiger partial charge in [0.1, 0.15) is 11.6 Å². The van der Waals surface area contributed by atoms with Gasteiger partial charge in [-0.05, 0) is 23.8 Å². The van der Waals surface area contributed by atoms with E-state index in [4.69, 9.17) is 9.47 Å². The molecule has 0 saturated heterocycles. The van der Waals surface area contributed by atoms with Gasteiger partial charge in [0.15, 0.2) is 11.5 Å². The second kappa shape index (κ2) is 6.22. The Labute approximate surface area is 124 Å². The summed E-state index contributed by atoms with van der Waals surface area (Å²) in [4.78, 5) is -0.400. The normalized spacial score (nSPS) is 12.1. The van der Waals surface area contributed by atoms with Crippen LogP contribution in [0.2, 0.25) is 0 Å². The van der Waals surface area contributed by atoms with Crippen LogP contribution in [0.3, 0.4) is 0 Å². The lowest BCUT2D eigenvalue weighted by Crippen LogP contribution is -1.99. The summed E-state index contributed by atoms with van der Waals surface area (Å²) in [5, 5.41) is 0. The number of alkyl halides is 1. The van der Waals surface area contributed by atoms with Crippen molar-refractivity contribution in [3.05, 3.63) is 59.2 Å². The number of halogens is 3. The highest BCUT2D eigenvalue weighted by Gasteiger charge is 2.17. The van der Waals surface area contributed by atoms with E-state index in [0.717, 1.165) is 11.6 Å². The van der Waals surface area contributed by atoms with E-state index < -0.39 is 16.5 Å². The quantitative estimate of drug-likeness (QED) is 0.763. The topological polar surface area (TPSA) is 18.5 Å². The van der Waals surface area contributed by atoms with Crippen molar-refractivity contribution in [1.82, 2.24) is 0 Å². The first-order valence-corrected chi connectivity index (χ1v) is 6.79. The van der Waals surface area contributed by atoms with Gasteiger partial charge < -0.3 is 9.47 Å². The third-order valence-corrected chi connectivity index (χ3v) is 3.96. The maximum absolute atomic E-state index is 13.8. The van der Waals surface area contributed by atoms with Gasteiger partial charge in [-0.3, -0.25) is 0 Å². The molecular formula is C15H13BrF2O2. The van der Waals surface area contributed by atoms with Crippen molar-refractivity contribution >= 4 is 15.9 Å². The zero-order chi connectivity index (χ0) is 14.7. The molecule has 2 aromatic rings. The minimum atomic E-state index is -0.599.